The average molecular weight is 302 g/mol. The van der Waals surface area contributed by atoms with Gasteiger partial charge in [-0.15, -0.1) is 0 Å². The quantitative estimate of drug-likeness (QED) is 0.362. The van der Waals surface area contributed by atoms with Gasteiger partial charge in [0.2, 0.25) is 0 Å². The lowest BCUT2D eigenvalue weighted by Gasteiger charge is -2.25. The molecule has 0 aliphatic rings. The van der Waals surface area contributed by atoms with Crippen molar-refractivity contribution in [2.24, 2.45) is 10.2 Å². The average Bonchev–Trinajstić information content (AvgIpc) is 2.47. The first-order valence-corrected chi connectivity index (χ1v) is 9.88. The molecule has 0 saturated carbocycles. The van der Waals surface area contributed by atoms with Gasteiger partial charge in [0.1, 0.15) is 0 Å². The van der Waals surface area contributed by atoms with Crippen LogP contribution in [0.4, 0.5) is 9.59 Å². The summed E-state index contributed by atoms with van der Waals surface area (Å²) in [6, 6.07) is 2.51. The number of hydrogen-bond acceptors (Lipinski definition) is 4. The van der Waals surface area contributed by atoms with E-state index in [2.05, 4.69) is 17.2 Å². The molecular weight excluding hydrogens is 276 g/mol. The normalized spacial score (nSPS) is 11.6. The highest BCUT2D eigenvalue weighted by Gasteiger charge is 2.32. The van der Waals surface area contributed by atoms with E-state index in [1.54, 1.807) is 0 Å². The van der Waals surface area contributed by atoms with Crippen LogP contribution in [-0.4, -0.2) is 27.1 Å². The van der Waals surface area contributed by atoms with E-state index in [-0.39, 0.29) is 0 Å². The first-order valence-electron chi connectivity index (χ1n) is 7.35. The van der Waals surface area contributed by atoms with Crippen LogP contribution in [0, 0.1) is 0 Å². The number of rotatable bonds is 8. The van der Waals surface area contributed by atoms with Crippen LogP contribution in [0.5, 0.6) is 0 Å². The molecule has 0 saturated heterocycles. The molecule has 0 heterocycles. The molecule has 0 rings (SSSR count). The second-order valence-corrected chi connectivity index (χ2v) is 9.32. The summed E-state index contributed by atoms with van der Waals surface area (Å²) < 4.78 is 10.2. The van der Waals surface area contributed by atoms with E-state index in [0.29, 0.717) is 6.61 Å². The second kappa shape index (κ2) is 10.5. The summed E-state index contributed by atoms with van der Waals surface area (Å²) in [7, 11) is -2.04. The van der Waals surface area contributed by atoms with Gasteiger partial charge in [-0.05, 0) is 24.6 Å². The topological polar surface area (TPSA) is 77.3 Å². The maximum absolute atomic E-state index is 11.6. The zero-order valence-electron chi connectivity index (χ0n) is 13.0. The molecule has 0 N–H and O–H groups in total. The summed E-state index contributed by atoms with van der Waals surface area (Å²) in [4.78, 5) is 22.8. The summed E-state index contributed by atoms with van der Waals surface area (Å²) in [6.45, 7) is 8.38. The van der Waals surface area contributed by atoms with Crippen molar-refractivity contribution in [3.63, 3.8) is 0 Å². The minimum Gasteiger partial charge on any atom is -0.501 e. The van der Waals surface area contributed by atoms with E-state index in [4.69, 9.17) is 9.16 Å². The predicted octanol–water partition coefficient (Wildman–Crippen LogP) is 4.91. The molecule has 116 valence electrons. The van der Waals surface area contributed by atoms with Crippen LogP contribution < -0.4 is 0 Å². The minimum atomic E-state index is -2.04. The van der Waals surface area contributed by atoms with Crippen molar-refractivity contribution in [1.82, 2.24) is 0 Å². The van der Waals surface area contributed by atoms with Gasteiger partial charge in [-0.1, -0.05) is 50.8 Å². The molecule has 2 amide bonds. The van der Waals surface area contributed by atoms with Gasteiger partial charge in [-0.25, -0.2) is 9.59 Å². The molecule has 0 atom stereocenters. The van der Waals surface area contributed by atoms with E-state index >= 15 is 0 Å². The molecule has 0 bridgehead atoms. The Hall–Kier alpha value is -1.24. The van der Waals surface area contributed by atoms with Crippen LogP contribution in [-0.2, 0) is 9.16 Å². The number of unbranched alkanes of at least 4 members (excludes halogenated alkanes) is 2. The largest absolute Gasteiger partial charge is 0.501 e. The molecule has 0 aliphatic heterocycles. The smallest absolute Gasteiger partial charge is 0.452 e. The molecule has 6 nitrogen and oxygen atoms in total. The highest BCUT2D eigenvalue weighted by atomic mass is 28.4. The summed E-state index contributed by atoms with van der Waals surface area (Å²) in [5.74, 6) is 0. The van der Waals surface area contributed by atoms with Crippen LogP contribution >= 0.6 is 0 Å². The zero-order chi connectivity index (χ0) is 15.4. The van der Waals surface area contributed by atoms with Crippen molar-refractivity contribution in [3.05, 3.63) is 0 Å². The molecule has 0 aliphatic carbocycles. The Morgan fingerprint density at radius 2 is 1.45 bits per heavy atom. The van der Waals surface area contributed by atoms with Crippen LogP contribution in [0.25, 0.3) is 0 Å². The van der Waals surface area contributed by atoms with Crippen molar-refractivity contribution < 1.29 is 18.8 Å². The van der Waals surface area contributed by atoms with Gasteiger partial charge in [0.25, 0.3) is 8.32 Å². The number of carbonyl (C=O) groups is 2. The Labute approximate surface area is 122 Å². The Morgan fingerprint density at radius 1 is 0.900 bits per heavy atom. The Bertz CT molecular complexity index is 322. The molecular formula is C13H26N2O4Si. The zero-order valence-corrected chi connectivity index (χ0v) is 14.0. The van der Waals surface area contributed by atoms with Crippen LogP contribution in [0.3, 0.4) is 0 Å². The van der Waals surface area contributed by atoms with Crippen LogP contribution in [0.1, 0.15) is 47.0 Å². The van der Waals surface area contributed by atoms with E-state index < -0.39 is 20.5 Å². The highest BCUT2D eigenvalue weighted by molar-refractivity contribution is 6.74. The summed E-state index contributed by atoms with van der Waals surface area (Å²) >= 11 is 0. The van der Waals surface area contributed by atoms with Gasteiger partial charge >= 0.3 is 12.2 Å². The standard InChI is InChI=1S/C13H26N2O4Si/c1-5-9-10-11-18-12(16)14-15-13(17)19-20(6-2,7-3)8-4/h5-11H2,1-4H3. The maximum atomic E-state index is 11.6. The van der Waals surface area contributed by atoms with Gasteiger partial charge in [0.05, 0.1) is 6.61 Å². The van der Waals surface area contributed by atoms with E-state index in [0.717, 1.165) is 37.4 Å². The molecule has 0 unspecified atom stereocenters. The Balaban J connectivity index is 4.18. The third-order valence-corrected chi connectivity index (χ3v) is 7.90. The van der Waals surface area contributed by atoms with E-state index in [9.17, 15) is 9.59 Å². The molecule has 20 heavy (non-hydrogen) atoms. The Morgan fingerprint density at radius 3 is 1.95 bits per heavy atom. The molecule has 0 aromatic rings. The van der Waals surface area contributed by atoms with Gasteiger partial charge in [-0.2, -0.15) is 0 Å². The minimum absolute atomic E-state index is 0.304. The van der Waals surface area contributed by atoms with Gasteiger partial charge in [0.15, 0.2) is 0 Å². The fraction of sp³-hybridized carbons (Fsp3) is 0.846. The fourth-order valence-electron chi connectivity index (χ4n) is 1.79. The number of amides is 2. The van der Waals surface area contributed by atoms with Gasteiger partial charge < -0.3 is 9.16 Å². The highest BCUT2D eigenvalue weighted by Crippen LogP contribution is 2.22. The van der Waals surface area contributed by atoms with Crippen molar-refractivity contribution in [2.45, 2.75) is 65.1 Å². The fourth-order valence-corrected chi connectivity index (χ4v) is 4.14. The van der Waals surface area contributed by atoms with E-state index in [1.165, 1.54) is 0 Å². The number of nitrogens with zero attached hydrogens (tertiary/aromatic N) is 2. The van der Waals surface area contributed by atoms with Crippen LogP contribution in [0.2, 0.25) is 18.1 Å². The third kappa shape index (κ3) is 7.37. The number of carbonyl (C=O) groups excluding carboxylic acids is 2. The lowest BCUT2D eigenvalue weighted by atomic mass is 10.3. The third-order valence-electron chi connectivity index (χ3n) is 3.42. The first kappa shape index (κ1) is 18.8. The van der Waals surface area contributed by atoms with Gasteiger partial charge in [-0.3, -0.25) is 0 Å². The van der Waals surface area contributed by atoms with Crippen LogP contribution in [0.15, 0.2) is 10.2 Å². The number of azo groups is 1. The molecule has 7 heteroatoms. The SMILES string of the molecule is CCCCCOC(=O)N=NC(=O)O[Si](CC)(CC)CC. The van der Waals surface area contributed by atoms with E-state index in [1.807, 2.05) is 20.8 Å². The molecule has 0 fully saturated rings. The van der Waals surface area contributed by atoms with Crippen molar-refractivity contribution in [3.8, 4) is 0 Å². The number of hydrogen-bond donors (Lipinski definition) is 0. The molecule has 0 aromatic carbocycles. The lowest BCUT2D eigenvalue weighted by molar-refractivity contribution is 0.152. The summed E-state index contributed by atoms with van der Waals surface area (Å²) in [5, 5.41) is 6.50. The van der Waals surface area contributed by atoms with Crippen molar-refractivity contribution in [1.29, 1.82) is 0 Å². The first-order chi connectivity index (χ1) is 9.53. The molecule has 0 aromatic heterocycles. The predicted molar refractivity (Wildman–Crippen MR) is 79.4 cm³/mol. The second-order valence-electron chi connectivity index (χ2n) is 4.63. The van der Waals surface area contributed by atoms with Gasteiger partial charge in [0, 0.05) is 0 Å². The molecule has 0 radical (unpaired) electrons. The molecule has 0 spiro atoms. The Kier molecular flexibility index (Phi) is 9.88. The summed E-state index contributed by atoms with van der Waals surface area (Å²) in [5.41, 5.74) is 0. The maximum Gasteiger partial charge on any atom is 0.452 e. The van der Waals surface area contributed by atoms with Crippen molar-refractivity contribution in [2.75, 3.05) is 6.61 Å². The monoisotopic (exact) mass is 302 g/mol. The number of ether oxygens (including phenoxy) is 1. The van der Waals surface area contributed by atoms with Crippen molar-refractivity contribution >= 4 is 20.5 Å². The summed E-state index contributed by atoms with van der Waals surface area (Å²) in [6.07, 6.45) is 1.20. The lowest BCUT2D eigenvalue weighted by Crippen LogP contribution is -2.37.